The van der Waals surface area contributed by atoms with Crippen molar-refractivity contribution in [1.29, 1.82) is 0 Å². The first-order valence-electron chi connectivity index (χ1n) is 7.45. The zero-order valence-corrected chi connectivity index (χ0v) is 12.6. The second-order valence-corrected chi connectivity index (χ2v) is 5.81. The van der Waals surface area contributed by atoms with E-state index in [0.29, 0.717) is 24.5 Å². The monoisotopic (exact) mass is 292 g/mol. The molecule has 1 aromatic heterocycles. The topological polar surface area (TPSA) is 65.7 Å². The maximum Gasteiger partial charge on any atom is 0.223 e. The quantitative estimate of drug-likeness (QED) is 0.807. The smallest absolute Gasteiger partial charge is 0.223 e. The maximum atomic E-state index is 11.9. The van der Waals surface area contributed by atoms with Gasteiger partial charge >= 0.3 is 0 Å². The molecule has 0 bridgehead atoms. The molecule has 1 saturated heterocycles. The van der Waals surface area contributed by atoms with Crippen LogP contribution in [0.2, 0.25) is 0 Å². The van der Waals surface area contributed by atoms with Crippen LogP contribution in [0.15, 0.2) is 23.5 Å². The van der Waals surface area contributed by atoms with Crippen LogP contribution in [-0.2, 0) is 19.7 Å². The van der Waals surface area contributed by atoms with Gasteiger partial charge in [0.15, 0.2) is 5.75 Å². The fourth-order valence-electron chi connectivity index (χ4n) is 2.82. The second kappa shape index (κ2) is 6.91. The second-order valence-electron chi connectivity index (χ2n) is 5.81. The molecule has 1 aliphatic rings. The van der Waals surface area contributed by atoms with Gasteiger partial charge in [0.2, 0.25) is 5.43 Å². The first kappa shape index (κ1) is 15.8. The third-order valence-electron chi connectivity index (χ3n) is 4.20. The number of aromatic nitrogens is 1. The van der Waals surface area contributed by atoms with Gasteiger partial charge in [-0.05, 0) is 31.8 Å². The Morgan fingerprint density at radius 3 is 2.67 bits per heavy atom. The Morgan fingerprint density at radius 2 is 2.10 bits per heavy atom. The molecule has 5 nitrogen and oxygen atoms in total. The molecule has 116 valence electrons. The summed E-state index contributed by atoms with van der Waals surface area (Å²) < 4.78 is 1.78. The van der Waals surface area contributed by atoms with Gasteiger partial charge in [0.25, 0.3) is 0 Å². The number of rotatable bonds is 5. The molecule has 2 N–H and O–H groups in total. The van der Waals surface area contributed by atoms with Crippen molar-refractivity contribution < 1.29 is 10.2 Å². The molecular weight excluding hydrogens is 268 g/mol. The summed E-state index contributed by atoms with van der Waals surface area (Å²) in [4.78, 5) is 14.1. The van der Waals surface area contributed by atoms with Crippen molar-refractivity contribution >= 4 is 0 Å². The van der Waals surface area contributed by atoms with E-state index >= 15 is 0 Å². The maximum absolute atomic E-state index is 11.9. The van der Waals surface area contributed by atoms with Gasteiger partial charge < -0.3 is 14.8 Å². The number of piperidine rings is 1. The van der Waals surface area contributed by atoms with Crippen molar-refractivity contribution in [2.75, 3.05) is 13.1 Å². The molecule has 0 aliphatic carbocycles. The highest BCUT2D eigenvalue weighted by Crippen LogP contribution is 2.22. The molecular formula is C16H24N2O3. The van der Waals surface area contributed by atoms with E-state index in [1.807, 2.05) is 0 Å². The van der Waals surface area contributed by atoms with Crippen LogP contribution in [0.25, 0.3) is 0 Å². The predicted molar refractivity (Wildman–Crippen MR) is 82.2 cm³/mol. The fourth-order valence-corrected chi connectivity index (χ4v) is 2.82. The lowest BCUT2D eigenvalue weighted by atomic mass is 9.99. The SMILES string of the molecule is C=CCn1c(CO)cc(=O)c(O)c1CN1CCC(C)CC1. The van der Waals surface area contributed by atoms with Gasteiger partial charge in [0.05, 0.1) is 12.3 Å². The molecule has 21 heavy (non-hydrogen) atoms. The van der Waals surface area contributed by atoms with Gasteiger partial charge in [-0.2, -0.15) is 0 Å². The number of likely N-dealkylation sites (tertiary alicyclic amines) is 1. The van der Waals surface area contributed by atoms with E-state index in [1.165, 1.54) is 6.07 Å². The minimum atomic E-state index is -0.431. The summed E-state index contributed by atoms with van der Waals surface area (Å²) in [6.45, 7) is 8.64. The van der Waals surface area contributed by atoms with Crippen molar-refractivity contribution in [3.63, 3.8) is 0 Å². The minimum Gasteiger partial charge on any atom is -0.503 e. The molecule has 0 amide bonds. The van der Waals surface area contributed by atoms with E-state index in [-0.39, 0.29) is 12.4 Å². The average Bonchev–Trinajstić information content (AvgIpc) is 2.48. The number of aliphatic hydroxyl groups excluding tert-OH is 1. The lowest BCUT2D eigenvalue weighted by Crippen LogP contribution is -2.34. The van der Waals surface area contributed by atoms with Crippen molar-refractivity contribution in [2.45, 2.75) is 39.5 Å². The van der Waals surface area contributed by atoms with E-state index in [9.17, 15) is 15.0 Å². The third kappa shape index (κ3) is 3.54. The molecule has 5 heteroatoms. The molecule has 2 heterocycles. The molecule has 0 unspecified atom stereocenters. The Hall–Kier alpha value is -1.59. The molecule has 2 rings (SSSR count). The van der Waals surface area contributed by atoms with Gasteiger partial charge in [-0.15, -0.1) is 6.58 Å². The van der Waals surface area contributed by atoms with Crippen LogP contribution in [0.3, 0.4) is 0 Å². The summed E-state index contributed by atoms with van der Waals surface area (Å²) >= 11 is 0. The molecule has 0 saturated carbocycles. The van der Waals surface area contributed by atoms with Crippen LogP contribution in [0, 0.1) is 5.92 Å². The van der Waals surface area contributed by atoms with Crippen LogP contribution in [0.1, 0.15) is 31.2 Å². The van der Waals surface area contributed by atoms with Crippen molar-refractivity contribution in [1.82, 2.24) is 9.47 Å². The molecule has 1 aromatic rings. The summed E-state index contributed by atoms with van der Waals surface area (Å²) in [6.07, 6.45) is 3.96. The average molecular weight is 292 g/mol. The number of hydrogen-bond acceptors (Lipinski definition) is 4. The fraction of sp³-hybridized carbons (Fsp3) is 0.562. The Bertz CT molecular complexity index is 557. The number of pyridine rings is 1. The van der Waals surface area contributed by atoms with Crippen LogP contribution >= 0.6 is 0 Å². The standard InChI is InChI=1S/C16H24N2O3/c1-3-6-18-13(11-19)9-15(20)16(21)14(18)10-17-7-4-12(2)5-8-17/h3,9,12,19,21H,1,4-8,10-11H2,2H3. The molecule has 0 radical (unpaired) electrons. The highest BCUT2D eigenvalue weighted by atomic mass is 16.3. The lowest BCUT2D eigenvalue weighted by Gasteiger charge is -2.31. The highest BCUT2D eigenvalue weighted by Gasteiger charge is 2.20. The third-order valence-corrected chi connectivity index (χ3v) is 4.20. The Balaban J connectivity index is 2.33. The summed E-state index contributed by atoms with van der Waals surface area (Å²) in [5.74, 6) is 0.515. The van der Waals surface area contributed by atoms with Gasteiger partial charge in [-0.3, -0.25) is 9.69 Å². The van der Waals surface area contributed by atoms with Crippen LogP contribution < -0.4 is 5.43 Å². The number of nitrogens with zero attached hydrogens (tertiary/aromatic N) is 2. The number of aliphatic hydroxyl groups is 1. The number of allylic oxidation sites excluding steroid dienone is 1. The predicted octanol–water partition coefficient (Wildman–Crippen LogP) is 1.46. The van der Waals surface area contributed by atoms with E-state index < -0.39 is 5.43 Å². The Morgan fingerprint density at radius 1 is 1.43 bits per heavy atom. The van der Waals surface area contributed by atoms with Crippen molar-refractivity contribution in [3.8, 4) is 5.75 Å². The molecule has 1 fully saturated rings. The van der Waals surface area contributed by atoms with Crippen LogP contribution in [0.4, 0.5) is 0 Å². The summed E-state index contributed by atoms with van der Waals surface area (Å²) in [5, 5.41) is 19.6. The Labute approximate surface area is 125 Å². The summed E-state index contributed by atoms with van der Waals surface area (Å²) in [6, 6.07) is 1.29. The van der Waals surface area contributed by atoms with Crippen LogP contribution in [0.5, 0.6) is 5.75 Å². The number of hydrogen-bond donors (Lipinski definition) is 2. The van der Waals surface area contributed by atoms with E-state index in [1.54, 1.807) is 10.6 Å². The molecule has 0 spiro atoms. The largest absolute Gasteiger partial charge is 0.503 e. The summed E-state index contributed by atoms with van der Waals surface area (Å²) in [5.41, 5.74) is 0.652. The molecule has 0 aromatic carbocycles. The molecule has 0 atom stereocenters. The first-order valence-corrected chi connectivity index (χ1v) is 7.45. The van der Waals surface area contributed by atoms with Gasteiger partial charge in [0.1, 0.15) is 0 Å². The van der Waals surface area contributed by atoms with E-state index in [4.69, 9.17) is 0 Å². The lowest BCUT2D eigenvalue weighted by molar-refractivity contribution is 0.178. The van der Waals surface area contributed by atoms with Crippen molar-refractivity contribution in [3.05, 3.63) is 40.3 Å². The molecule has 1 aliphatic heterocycles. The van der Waals surface area contributed by atoms with Gasteiger partial charge in [-0.1, -0.05) is 13.0 Å². The highest BCUT2D eigenvalue weighted by molar-refractivity contribution is 5.30. The van der Waals surface area contributed by atoms with Crippen LogP contribution in [-0.4, -0.2) is 32.8 Å². The summed E-state index contributed by atoms with van der Waals surface area (Å²) in [7, 11) is 0. The zero-order valence-electron chi connectivity index (χ0n) is 12.6. The number of aromatic hydroxyl groups is 1. The van der Waals surface area contributed by atoms with E-state index in [0.717, 1.165) is 31.8 Å². The first-order chi connectivity index (χ1) is 10.1. The van der Waals surface area contributed by atoms with Gasteiger partial charge in [0, 0.05) is 24.8 Å². The minimum absolute atomic E-state index is 0.215. The zero-order chi connectivity index (χ0) is 15.4. The van der Waals surface area contributed by atoms with Crippen molar-refractivity contribution in [2.24, 2.45) is 5.92 Å². The van der Waals surface area contributed by atoms with Gasteiger partial charge in [-0.25, -0.2) is 0 Å². The van der Waals surface area contributed by atoms with E-state index in [2.05, 4.69) is 18.4 Å². The Kier molecular flexibility index (Phi) is 5.20. The normalized spacial score (nSPS) is 17.0.